The zero-order chi connectivity index (χ0) is 16.8. The number of hydrogen-bond acceptors (Lipinski definition) is 1. The molecule has 0 aliphatic carbocycles. The van der Waals surface area contributed by atoms with E-state index in [0.29, 0.717) is 21.0 Å². The molecule has 0 fully saturated rings. The summed E-state index contributed by atoms with van der Waals surface area (Å²) in [5.41, 5.74) is 0. The first-order valence-corrected chi connectivity index (χ1v) is 15.1. The minimum absolute atomic E-state index is 0. The van der Waals surface area contributed by atoms with E-state index in [1.54, 1.807) is 0 Å². The van der Waals surface area contributed by atoms with Gasteiger partial charge in [0.05, 0.1) is 0 Å². The minimum atomic E-state index is -13.3. The molecule has 20 N–H and O–H groups in total. The van der Waals surface area contributed by atoms with E-state index in [0.717, 1.165) is 0 Å². The van der Waals surface area contributed by atoms with Gasteiger partial charge in [-0.2, -0.15) is 0 Å². The predicted molar refractivity (Wildman–Crippen MR) is 56.1 cm³/mol. The molecule has 195 valence electrons. The summed E-state index contributed by atoms with van der Waals surface area (Å²) < 4.78 is 147. The Morgan fingerprint density at radius 2 is 0.333 bits per heavy atom. The molecule has 6 nitrogen and oxygen atoms in total. The standard InChI is InChI=1S/18FH.5H3N.3Nb.O/h18*1H;5*1H3;;;;/q;;;;;;;;;;;;;;;;;;;;;;;;2*+5;/p-9. The van der Waals surface area contributed by atoms with Gasteiger partial charge in [0.2, 0.25) is 0 Å². The first-order chi connectivity index (χ1) is 6.29. The van der Waals surface area contributed by atoms with Crippen LogP contribution >= 0.6 is 0 Å². The van der Waals surface area contributed by atoms with E-state index >= 15 is 0 Å². The molecule has 0 unspecified atom stereocenters. The Hall–Kier alpha value is 0.561. The normalized spacial score (nSPS) is 16.2. The van der Waals surface area contributed by atoms with E-state index in [2.05, 4.69) is 0 Å². The van der Waals surface area contributed by atoms with Crippen molar-refractivity contribution in [3.8, 4) is 0 Å². The Balaban J connectivity index is -0.0000000117. The molecule has 27 heteroatoms. The molecule has 0 aliphatic rings. The van der Waals surface area contributed by atoms with Gasteiger partial charge in [0.25, 0.3) is 0 Å². The van der Waals surface area contributed by atoms with Crippen LogP contribution in [-0.4, -0.2) is 0 Å². The number of hydrogen-bond donors (Lipinski definition) is 5. The van der Waals surface area contributed by atoms with Crippen molar-refractivity contribution in [1.82, 2.24) is 30.8 Å². The molecule has 0 saturated carbocycles. The van der Waals surface area contributed by atoms with Crippen LogP contribution < -0.4 is 30.8 Å². The maximum absolute atomic E-state index is 13.3. The number of rotatable bonds is 0. The summed E-state index contributed by atoms with van der Waals surface area (Å²) in [5.74, 6) is 0. The first kappa shape index (κ1) is 80.3. The van der Waals surface area contributed by atoms with Gasteiger partial charge in [0.1, 0.15) is 0 Å². The molecule has 0 aliphatic heterocycles. The van der Waals surface area contributed by atoms with Crippen molar-refractivity contribution in [2.24, 2.45) is 0 Å². The quantitative estimate of drug-likeness (QED) is 0.121. The summed E-state index contributed by atoms with van der Waals surface area (Å²) in [4.78, 5) is 0. The average Bonchev–Trinajstić information content (AvgIpc) is 1.45. The molecule has 0 aromatic carbocycles. The van der Waals surface area contributed by atoms with E-state index in [4.69, 9.17) is 3.25 Å². The van der Waals surface area contributed by atoms with Crippen molar-refractivity contribution in [1.29, 1.82) is 0 Å². The van der Waals surface area contributed by atoms with Crippen LogP contribution in [0.15, 0.2) is 0 Å². The fraction of sp³-hybridized carbons (Fsp3) is 0. The molecule has 0 radical (unpaired) electrons. The van der Waals surface area contributed by atoms with Crippen molar-refractivity contribution in [3.05, 3.63) is 0 Å². The second-order valence-corrected chi connectivity index (χ2v) is 15.9. The van der Waals surface area contributed by atoms with Crippen LogP contribution in [0.1, 0.15) is 0 Å². The second-order valence-electron chi connectivity index (χ2n) is 2.68. The maximum atomic E-state index is 9.94. The van der Waals surface area contributed by atoms with E-state index in [1.165, 1.54) is 0 Å². The molecule has 0 rings (SSSR count). The van der Waals surface area contributed by atoms with Gasteiger partial charge >= 0.3 is 101 Å². The van der Waals surface area contributed by atoms with Gasteiger partial charge in [-0.1, -0.05) is 0 Å². The van der Waals surface area contributed by atoms with Crippen LogP contribution in [0.4, 0.5) is 61.2 Å². The molecule has 0 amide bonds. The van der Waals surface area contributed by atoms with Crippen LogP contribution in [0.25, 0.3) is 0 Å². The van der Waals surface area contributed by atoms with Gasteiger partial charge < -0.3 is 30.8 Å². The molecule has 0 saturated heterocycles. The summed E-state index contributed by atoms with van der Waals surface area (Å²) in [6, 6.07) is 0. The predicted octanol–water partition coefficient (Wildman–Crippen LogP) is 8.25. The van der Waals surface area contributed by atoms with Crippen molar-refractivity contribution >= 4 is 0 Å². The van der Waals surface area contributed by atoms with E-state index in [9.17, 15) is 42.3 Å². The summed E-state index contributed by atoms with van der Waals surface area (Å²) >= 11 is -26.1. The Bertz CT molecular complexity index is 277. The molecule has 0 bridgehead atoms. The monoisotopic (exact) mass is 731 g/mol. The summed E-state index contributed by atoms with van der Waals surface area (Å²) in [5, 5.41) is 0. The molecule has 0 heterocycles. The Labute approximate surface area is 150 Å². The van der Waals surface area contributed by atoms with Gasteiger partial charge in [-0.3, -0.25) is 18.8 Å². The Morgan fingerprint density at radius 1 is 0.333 bits per heavy atom. The Morgan fingerprint density at radius 3 is 0.333 bits per heavy atom. The van der Waals surface area contributed by atoms with Crippen LogP contribution in [-0.2, 0) is 58.3 Å². The van der Waals surface area contributed by atoms with E-state index in [1.807, 2.05) is 0 Å². The molecule has 0 spiro atoms. The molecule has 0 atom stereocenters. The molecule has 0 aromatic rings. The van der Waals surface area contributed by atoms with Crippen LogP contribution in [0.3, 0.4) is 0 Å². The van der Waals surface area contributed by atoms with E-state index in [-0.39, 0.29) is 49.6 Å². The van der Waals surface area contributed by atoms with Crippen molar-refractivity contribution < 1.29 is 119 Å². The van der Waals surface area contributed by atoms with Gasteiger partial charge in [-0.05, 0) is 0 Å². The summed E-state index contributed by atoms with van der Waals surface area (Å²) in [6.45, 7) is 0. The van der Waals surface area contributed by atoms with Crippen molar-refractivity contribution in [3.63, 3.8) is 0 Å². The topological polar surface area (TPSA) is 200 Å². The van der Waals surface area contributed by atoms with Crippen LogP contribution in [0, 0.1) is 0 Å². The second kappa shape index (κ2) is 9.58. The van der Waals surface area contributed by atoms with Crippen LogP contribution in [0.2, 0.25) is 0 Å². The fourth-order valence-corrected chi connectivity index (χ4v) is 0. The Kier molecular flexibility index (Phi) is 28.5. The third kappa shape index (κ3) is 50900. The van der Waals surface area contributed by atoms with Gasteiger partial charge in [-0.25, -0.2) is 0 Å². The SMILES string of the molecule is F.F.F.F.[F][Nb-2]([F])([F])([F])([F])([F])[F].[F][Nb-2]([F])([F])([F])([F])([F])[F].[NH4+].[NH4+].[NH4+].[NH4+].[NH4+].[O]=[Nb]. The van der Waals surface area contributed by atoms with Crippen molar-refractivity contribution in [2.75, 3.05) is 0 Å². The zero-order valence-corrected chi connectivity index (χ0v) is 20.3. The van der Waals surface area contributed by atoms with Gasteiger partial charge in [0, 0.05) is 0 Å². The third-order valence-corrected chi connectivity index (χ3v) is 0. The third-order valence-electron chi connectivity index (χ3n) is 0. The van der Waals surface area contributed by atoms with Gasteiger partial charge in [0.15, 0.2) is 0 Å². The average molecular weight is 731 g/mol. The summed E-state index contributed by atoms with van der Waals surface area (Å²) in [6.07, 6.45) is 0. The molecular weight excluding hydrogens is 707 g/mol. The van der Waals surface area contributed by atoms with E-state index < -0.39 is 34.0 Å². The van der Waals surface area contributed by atoms with Crippen LogP contribution in [0.5, 0.6) is 0 Å². The number of halogens is 18. The molecule has 0 aromatic heterocycles. The number of quaternary nitrogens is 5. The summed E-state index contributed by atoms with van der Waals surface area (Å²) in [7, 11) is 0. The van der Waals surface area contributed by atoms with Gasteiger partial charge in [-0.15, -0.1) is 0 Å². The van der Waals surface area contributed by atoms with Crippen molar-refractivity contribution in [2.45, 2.75) is 0 Å². The molecule has 27 heavy (non-hydrogen) atoms. The fourth-order valence-electron chi connectivity index (χ4n) is 0. The first-order valence-electron chi connectivity index (χ1n) is 2.55. The molecular formula is H24F18N5Nb3O+. The zero-order valence-electron chi connectivity index (χ0n) is 13.7.